The van der Waals surface area contributed by atoms with Crippen LogP contribution in [0.5, 0.6) is 0 Å². The molecule has 1 aromatic carbocycles. The van der Waals surface area contributed by atoms with Crippen LogP contribution in [0.1, 0.15) is 12.5 Å². The topological polar surface area (TPSA) is 32.6 Å². The van der Waals surface area contributed by atoms with Crippen LogP contribution >= 0.6 is 31.9 Å². The Morgan fingerprint density at radius 3 is 2.17 bits per heavy atom. The first-order chi connectivity index (χ1) is 5.63. The Bertz CT molecular complexity index is 303. The van der Waals surface area contributed by atoms with Crippen molar-refractivity contribution in [3.8, 4) is 0 Å². The molecule has 0 spiro atoms. The predicted octanol–water partition coefficient (Wildman–Crippen LogP) is 3.41. The molecule has 0 atom stereocenters. The number of halogens is 2. The minimum absolute atomic E-state index is 0.594. The maximum atomic E-state index is 8.53. The summed E-state index contributed by atoms with van der Waals surface area (Å²) in [6.45, 7) is 1.74. The average molecular weight is 293 g/mol. The second-order valence-corrected chi connectivity index (χ2v) is 4.17. The molecule has 1 aromatic rings. The molecule has 1 rings (SSSR count). The zero-order chi connectivity index (χ0) is 9.14. The van der Waals surface area contributed by atoms with Crippen molar-refractivity contribution in [2.45, 2.75) is 6.92 Å². The second-order valence-electron chi connectivity index (χ2n) is 2.34. The summed E-state index contributed by atoms with van der Waals surface area (Å²) in [4.78, 5) is 0. The van der Waals surface area contributed by atoms with E-state index in [0.717, 1.165) is 14.5 Å². The third kappa shape index (κ3) is 2.32. The molecule has 0 bridgehead atoms. The summed E-state index contributed by atoms with van der Waals surface area (Å²) in [5.74, 6) is 0. The van der Waals surface area contributed by atoms with E-state index in [4.69, 9.17) is 5.21 Å². The van der Waals surface area contributed by atoms with Gasteiger partial charge in [0.05, 0.1) is 5.71 Å². The maximum absolute atomic E-state index is 8.53. The first-order valence-electron chi connectivity index (χ1n) is 3.28. The lowest BCUT2D eigenvalue weighted by Gasteiger charge is -2.00. The molecular formula is C8H7Br2NO. The fourth-order valence-electron chi connectivity index (χ4n) is 0.820. The Morgan fingerprint density at radius 2 is 1.75 bits per heavy atom. The van der Waals surface area contributed by atoms with Crippen LogP contribution in [0.3, 0.4) is 0 Å². The predicted molar refractivity (Wildman–Crippen MR) is 55.8 cm³/mol. The van der Waals surface area contributed by atoms with Gasteiger partial charge in [-0.05, 0) is 25.1 Å². The lowest BCUT2D eigenvalue weighted by Crippen LogP contribution is -1.93. The fourth-order valence-corrected chi connectivity index (χ4v) is 2.11. The molecule has 0 amide bonds. The smallest absolute Gasteiger partial charge is 0.0837 e. The second kappa shape index (κ2) is 4.05. The molecule has 4 heteroatoms. The molecule has 2 nitrogen and oxygen atoms in total. The Hall–Kier alpha value is -0.350. The van der Waals surface area contributed by atoms with Gasteiger partial charge < -0.3 is 5.21 Å². The van der Waals surface area contributed by atoms with Crippen LogP contribution in [0.2, 0.25) is 0 Å². The van der Waals surface area contributed by atoms with Gasteiger partial charge >= 0.3 is 0 Å². The van der Waals surface area contributed by atoms with E-state index in [0.29, 0.717) is 5.71 Å². The Morgan fingerprint density at radius 1 is 1.25 bits per heavy atom. The molecular weight excluding hydrogens is 286 g/mol. The summed E-state index contributed by atoms with van der Waals surface area (Å²) in [6.07, 6.45) is 0. The summed E-state index contributed by atoms with van der Waals surface area (Å²) < 4.78 is 1.91. The van der Waals surface area contributed by atoms with E-state index in [1.54, 1.807) is 6.92 Å². The van der Waals surface area contributed by atoms with Crippen LogP contribution in [0.4, 0.5) is 0 Å². The molecule has 0 aliphatic rings. The van der Waals surface area contributed by atoms with Gasteiger partial charge in [-0.15, -0.1) is 0 Å². The quantitative estimate of drug-likeness (QED) is 0.480. The Labute approximate surface area is 87.5 Å². The van der Waals surface area contributed by atoms with Gasteiger partial charge in [0, 0.05) is 14.5 Å². The molecule has 0 aromatic heterocycles. The molecule has 12 heavy (non-hydrogen) atoms. The largest absolute Gasteiger partial charge is 0.411 e. The van der Waals surface area contributed by atoms with Crippen LogP contribution < -0.4 is 0 Å². The number of hydrogen-bond acceptors (Lipinski definition) is 2. The number of benzene rings is 1. The number of rotatable bonds is 1. The fraction of sp³-hybridized carbons (Fsp3) is 0.125. The minimum Gasteiger partial charge on any atom is -0.411 e. The molecule has 0 unspecified atom stereocenters. The highest BCUT2D eigenvalue weighted by Gasteiger charge is 2.00. The lowest BCUT2D eigenvalue weighted by atomic mass is 10.1. The van der Waals surface area contributed by atoms with Gasteiger partial charge in [-0.25, -0.2) is 0 Å². The third-order valence-electron chi connectivity index (χ3n) is 1.43. The van der Waals surface area contributed by atoms with Crippen LogP contribution in [0.15, 0.2) is 32.3 Å². The standard InChI is InChI=1S/C8H7Br2NO/c1-5(11-12)6-2-7(9)4-8(10)3-6/h2-4,12H,1H3. The first-order valence-corrected chi connectivity index (χ1v) is 4.87. The molecule has 1 N–H and O–H groups in total. The molecule has 64 valence electrons. The van der Waals surface area contributed by atoms with Crippen LogP contribution in [0.25, 0.3) is 0 Å². The Balaban J connectivity index is 3.17. The zero-order valence-corrected chi connectivity index (χ0v) is 9.55. The van der Waals surface area contributed by atoms with Crippen molar-refractivity contribution in [1.82, 2.24) is 0 Å². The van der Waals surface area contributed by atoms with Gasteiger partial charge in [0.2, 0.25) is 0 Å². The number of nitrogens with zero attached hydrogens (tertiary/aromatic N) is 1. The summed E-state index contributed by atoms with van der Waals surface area (Å²) >= 11 is 6.69. The molecule has 0 saturated heterocycles. The van der Waals surface area contributed by atoms with E-state index >= 15 is 0 Å². The molecule has 0 heterocycles. The van der Waals surface area contributed by atoms with E-state index in [9.17, 15) is 0 Å². The summed E-state index contributed by atoms with van der Waals surface area (Å²) in [5.41, 5.74) is 1.48. The molecule has 0 aliphatic carbocycles. The van der Waals surface area contributed by atoms with Crippen molar-refractivity contribution in [3.63, 3.8) is 0 Å². The summed E-state index contributed by atoms with van der Waals surface area (Å²) in [7, 11) is 0. The summed E-state index contributed by atoms with van der Waals surface area (Å²) in [6, 6.07) is 5.70. The van der Waals surface area contributed by atoms with Crippen LogP contribution in [0, 0.1) is 0 Å². The van der Waals surface area contributed by atoms with Crippen molar-refractivity contribution < 1.29 is 5.21 Å². The summed E-state index contributed by atoms with van der Waals surface area (Å²) in [5, 5.41) is 11.6. The van der Waals surface area contributed by atoms with Gasteiger partial charge in [-0.1, -0.05) is 37.0 Å². The van der Waals surface area contributed by atoms with E-state index < -0.39 is 0 Å². The van der Waals surface area contributed by atoms with E-state index in [2.05, 4.69) is 37.0 Å². The highest BCUT2D eigenvalue weighted by Crippen LogP contribution is 2.20. The van der Waals surface area contributed by atoms with Crippen molar-refractivity contribution in [2.24, 2.45) is 5.16 Å². The van der Waals surface area contributed by atoms with Gasteiger partial charge in [0.25, 0.3) is 0 Å². The van der Waals surface area contributed by atoms with E-state index in [1.807, 2.05) is 18.2 Å². The van der Waals surface area contributed by atoms with Crippen molar-refractivity contribution >= 4 is 37.6 Å². The molecule has 0 aliphatic heterocycles. The minimum atomic E-state index is 0.594. The lowest BCUT2D eigenvalue weighted by molar-refractivity contribution is 0.319. The van der Waals surface area contributed by atoms with Crippen LogP contribution in [-0.4, -0.2) is 10.9 Å². The maximum Gasteiger partial charge on any atom is 0.0837 e. The first kappa shape index (κ1) is 9.74. The van der Waals surface area contributed by atoms with Gasteiger partial charge in [0.15, 0.2) is 0 Å². The number of oxime groups is 1. The monoisotopic (exact) mass is 291 g/mol. The SMILES string of the molecule is CC(=NO)c1cc(Br)cc(Br)c1. The molecule has 0 saturated carbocycles. The normalized spacial score (nSPS) is 11.8. The third-order valence-corrected chi connectivity index (χ3v) is 2.35. The number of hydrogen-bond donors (Lipinski definition) is 1. The molecule has 0 fully saturated rings. The molecule has 0 radical (unpaired) electrons. The van der Waals surface area contributed by atoms with Crippen LogP contribution in [-0.2, 0) is 0 Å². The average Bonchev–Trinajstić information content (AvgIpc) is 2.01. The van der Waals surface area contributed by atoms with Gasteiger partial charge in [-0.3, -0.25) is 0 Å². The van der Waals surface area contributed by atoms with E-state index in [1.165, 1.54) is 0 Å². The van der Waals surface area contributed by atoms with Gasteiger partial charge in [0.1, 0.15) is 0 Å². The Kier molecular flexibility index (Phi) is 3.29. The zero-order valence-electron chi connectivity index (χ0n) is 6.38. The van der Waals surface area contributed by atoms with Gasteiger partial charge in [-0.2, -0.15) is 0 Å². The van der Waals surface area contributed by atoms with E-state index in [-0.39, 0.29) is 0 Å². The highest BCUT2D eigenvalue weighted by atomic mass is 79.9. The van der Waals surface area contributed by atoms with Crippen molar-refractivity contribution in [2.75, 3.05) is 0 Å². The highest BCUT2D eigenvalue weighted by molar-refractivity contribution is 9.11. The van der Waals surface area contributed by atoms with Crippen molar-refractivity contribution in [3.05, 3.63) is 32.7 Å². The van der Waals surface area contributed by atoms with Crippen molar-refractivity contribution in [1.29, 1.82) is 0 Å².